The first-order valence-corrected chi connectivity index (χ1v) is 6.57. The summed E-state index contributed by atoms with van der Waals surface area (Å²) in [5.41, 5.74) is 1.90. The fourth-order valence-corrected chi connectivity index (χ4v) is 1.65. The Morgan fingerprint density at radius 2 is 1.83 bits per heavy atom. The highest BCUT2D eigenvalue weighted by Crippen LogP contribution is 2.15. The highest BCUT2D eigenvalue weighted by molar-refractivity contribution is 5.04. The first-order chi connectivity index (χ1) is 8.41. The van der Waals surface area contributed by atoms with E-state index in [1.54, 1.807) is 20.1 Å². The first-order valence-electron chi connectivity index (χ1n) is 6.57. The van der Waals surface area contributed by atoms with Crippen LogP contribution in [0.2, 0.25) is 0 Å². The Labute approximate surface area is 112 Å². The number of aliphatic hydroxyl groups is 1. The Balaban J connectivity index is 3.92. The largest absolute Gasteiger partial charge is 0.386 e. The SMILES string of the molecule is C=CC(C)(O)CC/C=C(\C)CC/C=C(\C)COC. The van der Waals surface area contributed by atoms with Crippen molar-refractivity contribution in [2.24, 2.45) is 0 Å². The second kappa shape index (κ2) is 9.12. The number of hydrogen-bond acceptors (Lipinski definition) is 2. The van der Waals surface area contributed by atoms with Crippen LogP contribution in [0.5, 0.6) is 0 Å². The molecule has 0 aliphatic heterocycles. The van der Waals surface area contributed by atoms with Gasteiger partial charge in [0, 0.05) is 7.11 Å². The van der Waals surface area contributed by atoms with Crippen LogP contribution in [-0.2, 0) is 4.74 Å². The molecule has 0 saturated heterocycles. The molecular weight excluding hydrogens is 224 g/mol. The lowest BCUT2D eigenvalue weighted by molar-refractivity contribution is 0.103. The lowest BCUT2D eigenvalue weighted by atomic mass is 9.99. The van der Waals surface area contributed by atoms with Crippen molar-refractivity contribution in [3.8, 4) is 0 Å². The van der Waals surface area contributed by atoms with Gasteiger partial charge in [-0.25, -0.2) is 0 Å². The summed E-state index contributed by atoms with van der Waals surface area (Å²) < 4.78 is 5.06. The number of rotatable bonds is 9. The molecule has 0 rings (SSSR count). The van der Waals surface area contributed by atoms with E-state index in [-0.39, 0.29) is 0 Å². The summed E-state index contributed by atoms with van der Waals surface area (Å²) in [6.45, 7) is 10.4. The average molecular weight is 252 g/mol. The zero-order valence-corrected chi connectivity index (χ0v) is 12.3. The molecule has 0 bridgehead atoms. The summed E-state index contributed by atoms with van der Waals surface area (Å²) in [7, 11) is 1.72. The highest BCUT2D eigenvalue weighted by atomic mass is 16.5. The van der Waals surface area contributed by atoms with Gasteiger partial charge in [-0.3, -0.25) is 0 Å². The van der Waals surface area contributed by atoms with E-state index in [9.17, 15) is 5.11 Å². The molecule has 104 valence electrons. The second-order valence-electron chi connectivity index (χ2n) is 5.17. The van der Waals surface area contributed by atoms with E-state index in [1.807, 2.05) is 0 Å². The predicted molar refractivity (Wildman–Crippen MR) is 78.7 cm³/mol. The van der Waals surface area contributed by atoms with Crippen molar-refractivity contribution < 1.29 is 9.84 Å². The van der Waals surface area contributed by atoms with Crippen molar-refractivity contribution in [3.63, 3.8) is 0 Å². The minimum atomic E-state index is -0.744. The summed E-state index contributed by atoms with van der Waals surface area (Å²) in [6, 6.07) is 0. The van der Waals surface area contributed by atoms with Crippen molar-refractivity contribution in [2.45, 2.75) is 52.1 Å². The summed E-state index contributed by atoms with van der Waals surface area (Å²) >= 11 is 0. The van der Waals surface area contributed by atoms with Gasteiger partial charge in [0.2, 0.25) is 0 Å². The molecule has 0 aromatic carbocycles. The Morgan fingerprint density at radius 3 is 2.39 bits per heavy atom. The first kappa shape index (κ1) is 17.1. The Bertz CT molecular complexity index is 298. The van der Waals surface area contributed by atoms with Crippen molar-refractivity contribution in [1.29, 1.82) is 0 Å². The molecule has 0 aliphatic carbocycles. The lowest BCUT2D eigenvalue weighted by Gasteiger charge is -2.16. The van der Waals surface area contributed by atoms with Crippen LogP contribution < -0.4 is 0 Å². The molecule has 0 heterocycles. The fraction of sp³-hybridized carbons (Fsp3) is 0.625. The molecule has 2 heteroatoms. The molecule has 0 aromatic rings. The molecule has 0 saturated carbocycles. The number of allylic oxidation sites excluding steroid dienone is 3. The van der Waals surface area contributed by atoms with E-state index in [1.165, 1.54) is 11.1 Å². The molecule has 0 radical (unpaired) electrons. The molecule has 1 atom stereocenters. The minimum Gasteiger partial charge on any atom is -0.386 e. The van der Waals surface area contributed by atoms with Gasteiger partial charge in [-0.15, -0.1) is 6.58 Å². The average Bonchev–Trinajstić information content (AvgIpc) is 2.29. The van der Waals surface area contributed by atoms with E-state index < -0.39 is 5.60 Å². The molecular formula is C16H28O2. The fourth-order valence-electron chi connectivity index (χ4n) is 1.65. The van der Waals surface area contributed by atoms with Gasteiger partial charge in [0.05, 0.1) is 12.2 Å². The summed E-state index contributed by atoms with van der Waals surface area (Å²) in [4.78, 5) is 0. The van der Waals surface area contributed by atoms with Gasteiger partial charge in [0.1, 0.15) is 0 Å². The monoisotopic (exact) mass is 252 g/mol. The number of methoxy groups -OCH3 is 1. The number of hydrogen-bond donors (Lipinski definition) is 1. The summed E-state index contributed by atoms with van der Waals surface area (Å²) in [5.74, 6) is 0. The molecule has 0 spiro atoms. The van der Waals surface area contributed by atoms with Crippen LogP contribution in [0.15, 0.2) is 36.0 Å². The van der Waals surface area contributed by atoms with E-state index in [0.717, 1.165) is 25.7 Å². The topological polar surface area (TPSA) is 29.5 Å². The molecule has 1 unspecified atom stereocenters. The smallest absolute Gasteiger partial charge is 0.0800 e. The van der Waals surface area contributed by atoms with E-state index in [2.05, 4.69) is 32.6 Å². The summed E-state index contributed by atoms with van der Waals surface area (Å²) in [5, 5.41) is 9.77. The van der Waals surface area contributed by atoms with Crippen LogP contribution in [0.1, 0.15) is 46.5 Å². The van der Waals surface area contributed by atoms with Gasteiger partial charge in [-0.1, -0.05) is 29.4 Å². The van der Waals surface area contributed by atoms with Gasteiger partial charge in [-0.2, -0.15) is 0 Å². The molecule has 0 aromatic heterocycles. The lowest BCUT2D eigenvalue weighted by Crippen LogP contribution is -2.19. The zero-order valence-electron chi connectivity index (χ0n) is 12.3. The van der Waals surface area contributed by atoms with Crippen molar-refractivity contribution in [3.05, 3.63) is 36.0 Å². The van der Waals surface area contributed by atoms with Crippen molar-refractivity contribution in [1.82, 2.24) is 0 Å². The Morgan fingerprint density at radius 1 is 1.22 bits per heavy atom. The standard InChI is InChI=1S/C16H28O2/c1-6-16(4,17)12-8-11-14(2)9-7-10-15(3)13-18-5/h6,10-11,17H,1,7-9,12-13H2,2-5H3/b14-11+,15-10+. The molecule has 0 amide bonds. The quantitative estimate of drug-likeness (QED) is 0.628. The van der Waals surface area contributed by atoms with Gasteiger partial charge < -0.3 is 9.84 Å². The Hall–Kier alpha value is -0.860. The van der Waals surface area contributed by atoms with Gasteiger partial charge >= 0.3 is 0 Å². The summed E-state index contributed by atoms with van der Waals surface area (Å²) in [6.07, 6.45) is 9.77. The van der Waals surface area contributed by atoms with Gasteiger partial charge in [-0.05, 0) is 46.5 Å². The maximum absolute atomic E-state index is 9.77. The van der Waals surface area contributed by atoms with Crippen LogP contribution in [0.4, 0.5) is 0 Å². The maximum atomic E-state index is 9.77. The Kier molecular flexibility index (Phi) is 8.69. The van der Waals surface area contributed by atoms with Crippen LogP contribution in [0, 0.1) is 0 Å². The second-order valence-corrected chi connectivity index (χ2v) is 5.17. The van der Waals surface area contributed by atoms with E-state index in [4.69, 9.17) is 4.74 Å². The van der Waals surface area contributed by atoms with Crippen LogP contribution in [0.3, 0.4) is 0 Å². The molecule has 2 nitrogen and oxygen atoms in total. The molecule has 0 fully saturated rings. The third-order valence-electron chi connectivity index (χ3n) is 2.99. The van der Waals surface area contributed by atoms with Gasteiger partial charge in [0.15, 0.2) is 0 Å². The van der Waals surface area contributed by atoms with Crippen LogP contribution >= 0.6 is 0 Å². The van der Waals surface area contributed by atoms with Crippen molar-refractivity contribution >= 4 is 0 Å². The third kappa shape index (κ3) is 9.20. The highest BCUT2D eigenvalue weighted by Gasteiger charge is 2.13. The third-order valence-corrected chi connectivity index (χ3v) is 2.99. The molecule has 0 aliphatic rings. The van der Waals surface area contributed by atoms with Crippen LogP contribution in [0.25, 0.3) is 0 Å². The molecule has 1 N–H and O–H groups in total. The molecule has 18 heavy (non-hydrogen) atoms. The zero-order chi connectivity index (χ0) is 14.0. The minimum absolute atomic E-state index is 0.713. The van der Waals surface area contributed by atoms with Crippen LogP contribution in [-0.4, -0.2) is 24.4 Å². The van der Waals surface area contributed by atoms with Crippen molar-refractivity contribution in [2.75, 3.05) is 13.7 Å². The van der Waals surface area contributed by atoms with E-state index in [0.29, 0.717) is 6.61 Å². The predicted octanol–water partition coefficient (Wildman–Crippen LogP) is 4.02. The normalized spacial score (nSPS) is 16.5. The maximum Gasteiger partial charge on any atom is 0.0800 e. The number of ether oxygens (including phenoxy) is 1. The van der Waals surface area contributed by atoms with E-state index >= 15 is 0 Å². The van der Waals surface area contributed by atoms with Gasteiger partial charge in [0.25, 0.3) is 0 Å².